The molecule has 3 N–H and O–H groups in total. The number of rotatable bonds is 4. The van der Waals surface area contributed by atoms with Crippen molar-refractivity contribution >= 4 is 28.5 Å². The van der Waals surface area contributed by atoms with Crippen LogP contribution in [0.1, 0.15) is 30.4 Å². The molecule has 1 aliphatic rings. The molecule has 0 spiro atoms. The average Bonchev–Trinajstić information content (AvgIpc) is 3.13. The number of carbonyl (C=O) groups excluding carboxylic acids is 1. The predicted octanol–water partition coefficient (Wildman–Crippen LogP) is 4.45. The topological polar surface area (TPSA) is 90.4 Å². The molecule has 1 fully saturated rings. The van der Waals surface area contributed by atoms with Crippen LogP contribution in [0.2, 0.25) is 0 Å². The maximum Gasteiger partial charge on any atom is 0.417 e. The Bertz CT molecular complexity index is 1150. The number of urea groups is 1. The van der Waals surface area contributed by atoms with Crippen LogP contribution < -0.4 is 21.3 Å². The van der Waals surface area contributed by atoms with Crippen molar-refractivity contribution in [3.05, 3.63) is 58.1 Å². The van der Waals surface area contributed by atoms with Crippen LogP contribution in [0.5, 0.6) is 0 Å². The molecule has 0 bridgehead atoms. The van der Waals surface area contributed by atoms with Crippen LogP contribution in [0.3, 0.4) is 0 Å². The minimum atomic E-state index is -4.44. The van der Waals surface area contributed by atoms with Crippen molar-refractivity contribution in [1.29, 1.82) is 0 Å². The number of H-pyrrole nitrogens is 1. The van der Waals surface area contributed by atoms with Gasteiger partial charge in [-0.25, -0.2) is 9.59 Å². The highest BCUT2D eigenvalue weighted by molar-refractivity contribution is 5.97. The fraction of sp³-hybridized carbons (Fsp3) is 0.333. The maximum absolute atomic E-state index is 13.2. The number of halogens is 3. The highest BCUT2D eigenvalue weighted by Crippen LogP contribution is 2.34. The molecule has 164 valence electrons. The summed E-state index contributed by atoms with van der Waals surface area (Å²) < 4.78 is 44.7. The third kappa shape index (κ3) is 4.68. The summed E-state index contributed by atoms with van der Waals surface area (Å²) in [5.74, 6) is -0.638. The molecule has 1 saturated heterocycles. The molecular formula is C21H21F3N4O3. The minimum Gasteiger partial charge on any atom is -0.406 e. The molecule has 10 heteroatoms. The largest absolute Gasteiger partial charge is 0.417 e. The molecule has 2 heterocycles. The summed E-state index contributed by atoms with van der Waals surface area (Å²) in [4.78, 5) is 28.2. The van der Waals surface area contributed by atoms with Gasteiger partial charge in [-0.3, -0.25) is 4.98 Å². The highest BCUT2D eigenvalue weighted by atomic mass is 19.4. The van der Waals surface area contributed by atoms with Crippen LogP contribution in [0.25, 0.3) is 11.1 Å². The van der Waals surface area contributed by atoms with Gasteiger partial charge in [0.1, 0.15) is 0 Å². The minimum absolute atomic E-state index is 0.0445. The molecule has 1 aromatic heterocycles. The monoisotopic (exact) mass is 434 g/mol. The lowest BCUT2D eigenvalue weighted by Gasteiger charge is -2.31. The van der Waals surface area contributed by atoms with Gasteiger partial charge in [-0.1, -0.05) is 12.1 Å². The Morgan fingerprint density at radius 1 is 1.13 bits per heavy atom. The number of hydrogen-bond donors (Lipinski definition) is 3. The van der Waals surface area contributed by atoms with Gasteiger partial charge in [0.05, 0.1) is 16.8 Å². The molecule has 0 atom stereocenters. The van der Waals surface area contributed by atoms with E-state index in [0.29, 0.717) is 35.5 Å². The Kier molecular flexibility index (Phi) is 5.62. The van der Waals surface area contributed by atoms with E-state index >= 15 is 0 Å². The second-order valence-electron chi connectivity index (χ2n) is 7.39. The summed E-state index contributed by atoms with van der Waals surface area (Å²) in [5, 5.41) is 5.28. The third-order valence-electron chi connectivity index (χ3n) is 5.24. The Labute approximate surface area is 175 Å². The normalized spacial score (nSPS) is 14.6. The smallest absolute Gasteiger partial charge is 0.406 e. The van der Waals surface area contributed by atoms with Gasteiger partial charge in [0.2, 0.25) is 0 Å². The van der Waals surface area contributed by atoms with Crippen molar-refractivity contribution in [2.45, 2.75) is 32.0 Å². The first kappa shape index (κ1) is 20.8. The van der Waals surface area contributed by atoms with E-state index in [1.54, 1.807) is 18.2 Å². The van der Waals surface area contributed by atoms with Crippen LogP contribution in [-0.2, 0) is 12.7 Å². The van der Waals surface area contributed by atoms with E-state index in [0.717, 1.165) is 31.4 Å². The zero-order chi connectivity index (χ0) is 22.0. The Morgan fingerprint density at radius 2 is 1.90 bits per heavy atom. The summed E-state index contributed by atoms with van der Waals surface area (Å²) in [6.07, 6.45) is -1.57. The molecule has 7 nitrogen and oxygen atoms in total. The lowest BCUT2D eigenvalue weighted by atomic mass is 10.0. The van der Waals surface area contributed by atoms with E-state index in [4.69, 9.17) is 4.42 Å². The lowest BCUT2D eigenvalue weighted by molar-refractivity contribution is -0.137. The number of alkyl halides is 3. The van der Waals surface area contributed by atoms with Crippen molar-refractivity contribution in [1.82, 2.24) is 10.3 Å². The van der Waals surface area contributed by atoms with Crippen molar-refractivity contribution in [2.24, 2.45) is 0 Å². The van der Waals surface area contributed by atoms with Crippen molar-refractivity contribution in [3.63, 3.8) is 0 Å². The van der Waals surface area contributed by atoms with Crippen LogP contribution in [0.4, 0.5) is 29.3 Å². The first-order valence-corrected chi connectivity index (χ1v) is 9.93. The van der Waals surface area contributed by atoms with Crippen LogP contribution in [0, 0.1) is 0 Å². The average molecular weight is 434 g/mol. The predicted molar refractivity (Wildman–Crippen MR) is 110 cm³/mol. The second kappa shape index (κ2) is 8.37. The molecule has 3 aromatic rings. The first-order valence-electron chi connectivity index (χ1n) is 9.93. The van der Waals surface area contributed by atoms with E-state index in [1.807, 2.05) is 4.90 Å². The Balaban J connectivity index is 1.51. The first-order chi connectivity index (χ1) is 14.8. The van der Waals surface area contributed by atoms with E-state index in [1.165, 1.54) is 6.07 Å². The highest BCUT2D eigenvalue weighted by Gasteiger charge is 2.31. The number of piperidine rings is 1. The number of para-hydroxylation sites is 1. The third-order valence-corrected chi connectivity index (χ3v) is 5.24. The van der Waals surface area contributed by atoms with Gasteiger partial charge in [-0.05, 0) is 49.1 Å². The van der Waals surface area contributed by atoms with Gasteiger partial charge < -0.3 is 20.0 Å². The standard InChI is InChI=1S/C21H21F3N4O3/c22-21(23,24)14-8-7-13(17(11-14)28-9-2-1-3-10-28)12-25-19(29)26-15-5-4-6-16-18(15)31-20(30)27-16/h4-8,11H,1-3,9-10,12H2,(H,27,30)(H2,25,26,29). The summed E-state index contributed by atoms with van der Waals surface area (Å²) in [7, 11) is 0. The molecule has 1 aliphatic heterocycles. The fourth-order valence-corrected chi connectivity index (χ4v) is 3.73. The van der Waals surface area contributed by atoms with Crippen LogP contribution in [0.15, 0.2) is 45.6 Å². The van der Waals surface area contributed by atoms with E-state index in [9.17, 15) is 22.8 Å². The fourth-order valence-electron chi connectivity index (χ4n) is 3.73. The van der Waals surface area contributed by atoms with Gasteiger partial charge in [0.25, 0.3) is 0 Å². The molecule has 0 radical (unpaired) electrons. The molecule has 31 heavy (non-hydrogen) atoms. The molecule has 0 aliphatic carbocycles. The van der Waals surface area contributed by atoms with Gasteiger partial charge in [0, 0.05) is 25.3 Å². The molecule has 0 unspecified atom stereocenters. The maximum atomic E-state index is 13.2. The van der Waals surface area contributed by atoms with Gasteiger partial charge in [-0.2, -0.15) is 13.2 Å². The molecule has 4 rings (SSSR count). The lowest BCUT2D eigenvalue weighted by Crippen LogP contribution is -2.33. The zero-order valence-electron chi connectivity index (χ0n) is 16.5. The van der Waals surface area contributed by atoms with Crippen LogP contribution >= 0.6 is 0 Å². The Hall–Kier alpha value is -3.43. The molecule has 2 aromatic carbocycles. The number of aromatic amines is 1. The van der Waals surface area contributed by atoms with Gasteiger partial charge in [0.15, 0.2) is 5.58 Å². The van der Waals surface area contributed by atoms with Crippen molar-refractivity contribution < 1.29 is 22.4 Å². The number of amides is 2. The van der Waals surface area contributed by atoms with Crippen molar-refractivity contribution in [2.75, 3.05) is 23.3 Å². The molecular weight excluding hydrogens is 413 g/mol. The molecule has 0 saturated carbocycles. The second-order valence-corrected chi connectivity index (χ2v) is 7.39. The van der Waals surface area contributed by atoms with E-state index in [2.05, 4.69) is 15.6 Å². The van der Waals surface area contributed by atoms with Gasteiger partial charge in [-0.15, -0.1) is 0 Å². The number of carbonyl (C=O) groups is 1. The number of fused-ring (bicyclic) bond motifs is 1. The number of hydrogen-bond acceptors (Lipinski definition) is 4. The number of anilines is 2. The number of nitrogens with one attached hydrogen (secondary N) is 3. The van der Waals surface area contributed by atoms with E-state index < -0.39 is 23.5 Å². The summed E-state index contributed by atoms with van der Waals surface area (Å²) in [5.41, 5.74) is 1.32. The zero-order valence-corrected chi connectivity index (χ0v) is 16.5. The van der Waals surface area contributed by atoms with Crippen molar-refractivity contribution in [3.8, 4) is 0 Å². The van der Waals surface area contributed by atoms with E-state index in [-0.39, 0.29) is 12.1 Å². The quantitative estimate of drug-likeness (QED) is 0.566. The number of benzene rings is 2. The summed E-state index contributed by atoms with van der Waals surface area (Å²) >= 11 is 0. The van der Waals surface area contributed by atoms with Crippen LogP contribution in [-0.4, -0.2) is 24.1 Å². The molecule has 2 amide bonds. The summed E-state index contributed by atoms with van der Waals surface area (Å²) in [6, 6.07) is 7.87. The summed E-state index contributed by atoms with van der Waals surface area (Å²) in [6.45, 7) is 1.40. The van der Waals surface area contributed by atoms with Gasteiger partial charge >= 0.3 is 18.0 Å². The number of oxazole rings is 1. The number of nitrogens with zero attached hydrogens (tertiary/aromatic N) is 1. The Morgan fingerprint density at radius 3 is 2.65 bits per heavy atom. The SMILES string of the molecule is O=C(NCc1ccc(C(F)(F)F)cc1N1CCCCC1)Nc1cccc2[nH]c(=O)oc12. The number of aromatic nitrogens is 1.